The molecule has 1 aliphatic carbocycles. The highest BCUT2D eigenvalue weighted by Crippen LogP contribution is 2.47. The average molecular weight is 409 g/mol. The quantitative estimate of drug-likeness (QED) is 0.693. The molecule has 0 bridgehead atoms. The van der Waals surface area contributed by atoms with E-state index in [4.69, 9.17) is 14.2 Å². The predicted molar refractivity (Wildman–Crippen MR) is 102 cm³/mol. The largest absolute Gasteiger partial charge is 0.443 e. The van der Waals surface area contributed by atoms with Crippen molar-refractivity contribution < 1.29 is 27.8 Å². The fourth-order valence-electron chi connectivity index (χ4n) is 4.53. The molecule has 3 fully saturated rings. The second-order valence-electron chi connectivity index (χ2n) is 9.49. The van der Waals surface area contributed by atoms with E-state index in [0.717, 1.165) is 6.07 Å². The molecule has 29 heavy (non-hydrogen) atoms. The van der Waals surface area contributed by atoms with E-state index in [9.17, 15) is 13.6 Å². The highest BCUT2D eigenvalue weighted by Gasteiger charge is 2.51. The number of hydrogen-bond donors (Lipinski definition) is 0. The number of ether oxygens (including phenoxy) is 3. The number of rotatable bonds is 2. The van der Waals surface area contributed by atoms with E-state index in [1.54, 1.807) is 6.92 Å². The van der Waals surface area contributed by atoms with Crippen molar-refractivity contribution in [3.05, 3.63) is 35.4 Å². The van der Waals surface area contributed by atoms with Crippen molar-refractivity contribution >= 4 is 6.09 Å². The molecular weight excluding hydrogens is 380 g/mol. The second kappa shape index (κ2) is 7.20. The molecule has 2 saturated heterocycles. The fraction of sp³-hybridized carbons (Fsp3) is 0.682. The van der Waals surface area contributed by atoms with Gasteiger partial charge in [0.25, 0.3) is 0 Å². The van der Waals surface area contributed by atoms with Gasteiger partial charge in [0.1, 0.15) is 17.2 Å². The molecular formula is C22H29F2NO4. The number of amides is 1. The fourth-order valence-corrected chi connectivity index (χ4v) is 4.53. The SMILES string of the molecule is CC(c1ccc(F)cc1F)N1CCC2(CCC3(CC2)OCC(C)(C)CO3)OC1=O. The van der Waals surface area contributed by atoms with E-state index in [1.165, 1.54) is 17.0 Å². The highest BCUT2D eigenvalue weighted by atomic mass is 19.1. The molecule has 7 heteroatoms. The van der Waals surface area contributed by atoms with Gasteiger partial charge in [0.15, 0.2) is 5.79 Å². The van der Waals surface area contributed by atoms with Crippen molar-refractivity contribution in [2.24, 2.45) is 5.41 Å². The summed E-state index contributed by atoms with van der Waals surface area (Å²) in [5.74, 6) is -1.85. The van der Waals surface area contributed by atoms with Gasteiger partial charge in [-0.05, 0) is 25.8 Å². The summed E-state index contributed by atoms with van der Waals surface area (Å²) in [4.78, 5) is 14.3. The molecule has 1 aromatic carbocycles. The van der Waals surface area contributed by atoms with Crippen molar-refractivity contribution in [2.45, 2.75) is 70.3 Å². The number of carbonyl (C=O) groups excluding carboxylic acids is 1. The Morgan fingerprint density at radius 3 is 2.28 bits per heavy atom. The maximum atomic E-state index is 14.1. The van der Waals surface area contributed by atoms with Crippen LogP contribution in [0, 0.1) is 17.0 Å². The molecule has 2 spiro atoms. The lowest BCUT2D eigenvalue weighted by molar-refractivity contribution is -0.320. The third-order valence-electron chi connectivity index (χ3n) is 6.60. The van der Waals surface area contributed by atoms with E-state index in [1.807, 2.05) is 0 Å². The molecule has 2 aliphatic heterocycles. The van der Waals surface area contributed by atoms with Gasteiger partial charge in [0.05, 0.1) is 19.3 Å². The lowest BCUT2D eigenvalue weighted by atomic mass is 9.77. The maximum Gasteiger partial charge on any atom is 0.410 e. The van der Waals surface area contributed by atoms with E-state index < -0.39 is 35.2 Å². The Hall–Kier alpha value is -1.73. The Balaban J connectivity index is 1.39. The number of halogens is 2. The maximum absolute atomic E-state index is 14.1. The molecule has 2 heterocycles. The standard InChI is InChI=1S/C22H29F2NO4/c1-15(17-5-4-16(23)12-18(17)24)25-11-10-21(29-19(25)26)6-8-22(9-7-21)27-13-20(2,3)14-28-22/h4-5,12,15H,6-11,13-14H2,1-3H3. The van der Waals surface area contributed by atoms with Crippen LogP contribution in [0.15, 0.2) is 18.2 Å². The van der Waals surface area contributed by atoms with Gasteiger partial charge in [-0.3, -0.25) is 0 Å². The number of hydrogen-bond acceptors (Lipinski definition) is 4. The van der Waals surface area contributed by atoms with E-state index >= 15 is 0 Å². The first-order valence-corrected chi connectivity index (χ1v) is 10.4. The van der Waals surface area contributed by atoms with E-state index in [0.29, 0.717) is 51.9 Å². The molecule has 160 valence electrons. The van der Waals surface area contributed by atoms with Crippen LogP contribution in [0.3, 0.4) is 0 Å². The van der Waals surface area contributed by atoms with Crippen molar-refractivity contribution in [1.29, 1.82) is 0 Å². The Morgan fingerprint density at radius 2 is 1.69 bits per heavy atom. The minimum atomic E-state index is -0.653. The monoisotopic (exact) mass is 409 g/mol. The van der Waals surface area contributed by atoms with Crippen molar-refractivity contribution in [1.82, 2.24) is 4.90 Å². The molecule has 3 aliphatic rings. The third-order valence-corrected chi connectivity index (χ3v) is 6.60. The first kappa shape index (κ1) is 20.5. The summed E-state index contributed by atoms with van der Waals surface area (Å²) >= 11 is 0. The zero-order chi connectivity index (χ0) is 20.9. The van der Waals surface area contributed by atoms with Crippen molar-refractivity contribution in [3.63, 3.8) is 0 Å². The van der Waals surface area contributed by atoms with Gasteiger partial charge in [-0.25, -0.2) is 13.6 Å². The van der Waals surface area contributed by atoms with Crippen molar-refractivity contribution in [3.8, 4) is 0 Å². The number of carbonyl (C=O) groups is 1. The number of nitrogens with zero attached hydrogens (tertiary/aromatic N) is 1. The summed E-state index contributed by atoms with van der Waals surface area (Å²) in [6, 6.07) is 2.91. The first-order chi connectivity index (χ1) is 13.6. The Bertz CT molecular complexity index is 777. The van der Waals surface area contributed by atoms with Crippen molar-refractivity contribution in [2.75, 3.05) is 19.8 Å². The lowest BCUT2D eigenvalue weighted by Gasteiger charge is -2.51. The molecule has 0 radical (unpaired) electrons. The molecule has 1 atom stereocenters. The molecule has 4 rings (SSSR count). The summed E-state index contributed by atoms with van der Waals surface area (Å²) in [5.41, 5.74) is -0.211. The van der Waals surface area contributed by atoms with E-state index in [-0.39, 0.29) is 11.0 Å². The molecule has 1 unspecified atom stereocenters. The van der Waals surface area contributed by atoms with E-state index in [2.05, 4.69) is 13.8 Å². The Labute approximate surface area is 170 Å². The van der Waals surface area contributed by atoms with Crippen LogP contribution in [0.4, 0.5) is 13.6 Å². The summed E-state index contributed by atoms with van der Waals surface area (Å²) in [7, 11) is 0. The van der Waals surface area contributed by atoms with Gasteiger partial charge in [-0.1, -0.05) is 19.9 Å². The molecule has 1 amide bonds. The lowest BCUT2D eigenvalue weighted by Crippen LogP contribution is -2.56. The topological polar surface area (TPSA) is 48.0 Å². The minimum absolute atomic E-state index is 0.0178. The van der Waals surface area contributed by atoms with Gasteiger partial charge < -0.3 is 19.1 Å². The highest BCUT2D eigenvalue weighted by molar-refractivity contribution is 5.70. The normalized spacial score (nSPS) is 26.4. The summed E-state index contributed by atoms with van der Waals surface area (Å²) < 4.78 is 45.4. The second-order valence-corrected chi connectivity index (χ2v) is 9.49. The van der Waals surface area contributed by atoms with Crippen LogP contribution in [0.25, 0.3) is 0 Å². The number of benzene rings is 1. The minimum Gasteiger partial charge on any atom is -0.443 e. The van der Waals surface area contributed by atoms with Crippen LogP contribution >= 0.6 is 0 Å². The summed E-state index contributed by atoms with van der Waals surface area (Å²) in [6.45, 7) is 7.76. The van der Waals surface area contributed by atoms with Gasteiger partial charge >= 0.3 is 6.09 Å². The molecule has 1 saturated carbocycles. The molecule has 1 aromatic rings. The van der Waals surface area contributed by atoms with Gasteiger partial charge in [-0.2, -0.15) is 0 Å². The molecule has 0 N–H and O–H groups in total. The van der Waals surface area contributed by atoms with Gasteiger partial charge in [0, 0.05) is 42.9 Å². The zero-order valence-electron chi connectivity index (χ0n) is 17.3. The zero-order valence-corrected chi connectivity index (χ0v) is 17.3. The average Bonchev–Trinajstić information content (AvgIpc) is 2.67. The van der Waals surface area contributed by atoms with Crippen LogP contribution in [0.2, 0.25) is 0 Å². The first-order valence-electron chi connectivity index (χ1n) is 10.4. The summed E-state index contributed by atoms with van der Waals surface area (Å²) in [5, 5.41) is 0. The van der Waals surface area contributed by atoms with Crippen LogP contribution in [-0.4, -0.2) is 42.1 Å². The third kappa shape index (κ3) is 3.99. The van der Waals surface area contributed by atoms with Crippen LogP contribution in [0.1, 0.15) is 64.5 Å². The molecule has 5 nitrogen and oxygen atoms in total. The Kier molecular flexibility index (Phi) is 5.10. The van der Waals surface area contributed by atoms with Gasteiger partial charge in [0.2, 0.25) is 0 Å². The van der Waals surface area contributed by atoms with Crippen LogP contribution < -0.4 is 0 Å². The predicted octanol–water partition coefficient (Wildman–Crippen LogP) is 4.95. The Morgan fingerprint density at radius 1 is 1.03 bits per heavy atom. The smallest absolute Gasteiger partial charge is 0.410 e. The van der Waals surface area contributed by atoms with Crippen LogP contribution in [0.5, 0.6) is 0 Å². The molecule has 0 aromatic heterocycles. The summed E-state index contributed by atoms with van der Waals surface area (Å²) in [6.07, 6.45) is 2.98. The van der Waals surface area contributed by atoms with Gasteiger partial charge in [-0.15, -0.1) is 0 Å². The van der Waals surface area contributed by atoms with Crippen LogP contribution in [-0.2, 0) is 14.2 Å².